The van der Waals surface area contributed by atoms with Crippen LogP contribution in [0.5, 0.6) is 5.75 Å². The van der Waals surface area contributed by atoms with E-state index < -0.39 is 241 Å². The minimum absolute atomic E-state index is 0.0161. The molecule has 43 nitrogen and oxygen atoms in total. The van der Waals surface area contributed by atoms with Crippen LogP contribution in [0.2, 0.25) is 0 Å². The summed E-state index contributed by atoms with van der Waals surface area (Å²) in [6.45, 7) is 4.01. The predicted molar refractivity (Wildman–Crippen MR) is 507 cm³/mol. The Kier molecular flexibility index (Phi) is 39.8. The summed E-state index contributed by atoms with van der Waals surface area (Å²) in [5, 5.41) is 73.7. The van der Waals surface area contributed by atoms with Gasteiger partial charge in [-0.2, -0.15) is 11.8 Å². The largest absolute Gasteiger partial charge is 0.508 e. The molecule has 46 heteroatoms. The first-order valence-electron chi connectivity index (χ1n) is 44.9. The molecule has 0 radical (unpaired) electrons. The molecule has 0 aliphatic carbocycles. The summed E-state index contributed by atoms with van der Waals surface area (Å²) in [6.07, 6.45) is 2.83. The molecule has 0 bridgehead atoms. The van der Waals surface area contributed by atoms with Crippen LogP contribution in [0.4, 0.5) is 0 Å². The van der Waals surface area contributed by atoms with Crippen molar-refractivity contribution >= 4 is 163 Å². The molecular weight excluding hydrogens is 1820 g/mol. The van der Waals surface area contributed by atoms with Crippen LogP contribution < -0.4 is 75.7 Å². The number of carbonyl (C=O) groups is 17. The molecule has 9 rings (SSSR count). The number of primary amides is 2. The van der Waals surface area contributed by atoms with Gasteiger partial charge < -0.3 is 120 Å². The zero-order valence-corrected chi connectivity index (χ0v) is 79.6. The number of carbonyl (C=O) groups excluding carboxylic acids is 17. The standard InChI is InChI=1S/C90H125N23O20S3/c1-9-10-21-71-88(133)110(6)69(28-31-134-8)82(127)101-60(20-15-29-96-89(93)94)78(123)107-68(77(122)98-41-74(92)119)45-135-46-75(120)100-64(33-51-24-26-55(116)27-25-51)84(129)109(5)50(4)76(121)103-66(37-73(91)118)86(131)112-30-16-22-70(112)83(128)102-61(36-54-40-95-48-99-54)79(124)104-63(32-49(2)3)87(132)113-42-56(117)38-90(113,47-115)108-62(34-52-39-97-59-19-13-11-17-57(52)59)80(125)106-67(43-114)81(126)105-65(85(130)111(71)7)35-53-44-136-72-23-14-12-18-58(53)72/h11-14,17-19,23-27,39-40,44,47-50,56,60-71,97,108,114,116-117H,9-10,15-16,20-22,28-38,41-43,45-46H2,1-8H3,(H2,91,118)(H2,92,119)(H,95,99)(H,98,122)(H,100,120)(H,101,127)(H,102,128)(H,103,121)(H,104,124)(H,105,126)(H,106,125)(H,107,123)(H4,93,94,96)/t50-,56+,60-,61-,62-,63-,64-,65-,66-,67-,68?,69-,70-,71-,90?/m0/s1. The third-order valence-corrected chi connectivity index (χ3v) is 26.8. The highest BCUT2D eigenvalue weighted by Gasteiger charge is 2.53. The number of H-pyrrole nitrogens is 2. The van der Waals surface area contributed by atoms with Crippen LogP contribution in [0.1, 0.15) is 121 Å². The van der Waals surface area contributed by atoms with Crippen LogP contribution in [0, 0.1) is 11.3 Å². The smallest absolute Gasteiger partial charge is 0.247 e. The highest BCUT2D eigenvalue weighted by Crippen LogP contribution is 2.32. The Morgan fingerprint density at radius 1 is 0.654 bits per heavy atom. The third-order valence-electron chi connectivity index (χ3n) is 24.1. The molecule has 3 aliphatic heterocycles. The minimum Gasteiger partial charge on any atom is -0.508 e. The van der Waals surface area contributed by atoms with Crippen molar-refractivity contribution in [3.8, 4) is 5.75 Å². The number of aromatic nitrogens is 3. The highest BCUT2D eigenvalue weighted by atomic mass is 32.2. The average molecular weight is 1950 g/mol. The number of guanidine groups is 1. The van der Waals surface area contributed by atoms with Gasteiger partial charge in [-0.3, -0.25) is 92.2 Å². The molecule has 6 heterocycles. The lowest BCUT2D eigenvalue weighted by atomic mass is 9.98. The number of aldehydes is 1. The highest BCUT2D eigenvalue weighted by molar-refractivity contribution is 8.00. The maximum Gasteiger partial charge on any atom is 0.247 e. The number of thioether (sulfide) groups is 2. The van der Waals surface area contributed by atoms with Crippen LogP contribution >= 0.6 is 34.9 Å². The Bertz CT molecular complexity index is 5260. The number of thiophene rings is 1. The Hall–Kier alpha value is -12.8. The minimum atomic E-state index is -2.32. The molecule has 2 unspecified atom stereocenters. The van der Waals surface area contributed by atoms with E-state index in [0.29, 0.717) is 57.8 Å². The zero-order chi connectivity index (χ0) is 99.4. The van der Waals surface area contributed by atoms with Crippen LogP contribution in [-0.2, 0) is 107 Å². The van der Waals surface area contributed by atoms with Crippen molar-refractivity contribution in [3.05, 3.63) is 119 Å². The van der Waals surface area contributed by atoms with Gasteiger partial charge in [-0.15, -0.1) is 23.1 Å². The van der Waals surface area contributed by atoms with E-state index in [1.807, 2.05) is 25.1 Å². The molecule has 15 atom stereocenters. The van der Waals surface area contributed by atoms with E-state index in [2.05, 4.69) is 73.4 Å². The third kappa shape index (κ3) is 29.1. The van der Waals surface area contributed by atoms with E-state index in [1.165, 1.54) is 88.0 Å². The van der Waals surface area contributed by atoms with Gasteiger partial charge >= 0.3 is 0 Å². The van der Waals surface area contributed by atoms with Crippen LogP contribution in [-0.4, -0.2) is 329 Å². The Morgan fingerprint density at radius 2 is 1.29 bits per heavy atom. The fourth-order valence-electron chi connectivity index (χ4n) is 16.7. The first-order valence-corrected chi connectivity index (χ1v) is 48.3. The number of likely N-dealkylation sites (N-methyl/N-ethyl adjacent to an activating group) is 3. The van der Waals surface area contributed by atoms with E-state index in [-0.39, 0.29) is 95.2 Å². The summed E-state index contributed by atoms with van der Waals surface area (Å²) in [6, 6.07) is -0.789. The SMILES string of the molecule is CCCC[C@H]1C(=O)N(C)[C@@H](CCSC)C(=O)N[C@@H](CCCNC(=N)N)C(=O)NC(C(=O)NCC(N)=O)CSCC(=O)N[C@@H](Cc2ccc(O)cc2)C(=O)N(C)[C@@H](C)C(=O)N[C@@H](CC(N)=O)C(=O)N2CCC[C@H]2C(=O)N[C@@H](Cc2cnc[nH]2)C(=O)N[C@@H](CC(C)C)C(=O)N2C[C@H](O)CC2(C=O)N[C@@H](Cc2c[nH]c3ccccc23)C(=O)N[C@@H](CO)C(=O)N[C@@H](Cc2csc3ccccc23)C(=O)N1C. The molecule has 0 saturated carbocycles. The number of aromatic amines is 2. The lowest BCUT2D eigenvalue weighted by molar-refractivity contribution is -0.149. The van der Waals surface area contributed by atoms with Gasteiger partial charge in [-0.25, -0.2) is 4.98 Å². The van der Waals surface area contributed by atoms with Gasteiger partial charge in [0.1, 0.15) is 78.3 Å². The number of rotatable bonds is 27. The molecule has 3 aliphatic rings. The molecule has 3 aromatic carbocycles. The summed E-state index contributed by atoms with van der Waals surface area (Å²) in [5.74, 6) is -17.1. The number of nitrogens with two attached hydrogens (primary N) is 3. The fourth-order valence-corrected chi connectivity index (χ4v) is 19.0. The number of unbranched alkanes of at least 4 members (excludes halogenated alkanes) is 1. The summed E-state index contributed by atoms with van der Waals surface area (Å²) >= 11 is 3.41. The van der Waals surface area contributed by atoms with E-state index in [4.69, 9.17) is 22.6 Å². The quantitative estimate of drug-likeness (QED) is 0.0109. The number of aliphatic hydroxyl groups excluding tert-OH is 2. The van der Waals surface area contributed by atoms with Crippen LogP contribution in [0.25, 0.3) is 21.0 Å². The number of nitrogens with zero attached hydrogens (tertiary/aromatic N) is 6. The van der Waals surface area contributed by atoms with Gasteiger partial charge in [0.25, 0.3) is 0 Å². The molecule has 23 N–H and O–H groups in total. The second-order valence-electron chi connectivity index (χ2n) is 34.6. The molecule has 6 aromatic rings. The molecule has 3 fully saturated rings. The first-order chi connectivity index (χ1) is 64.8. The predicted octanol–water partition coefficient (Wildman–Crippen LogP) is -2.63. The van der Waals surface area contributed by atoms with E-state index in [0.717, 1.165) is 41.0 Å². The van der Waals surface area contributed by atoms with Crippen molar-refractivity contribution in [1.82, 2.24) is 97.9 Å². The number of aromatic hydroxyl groups is 1. The monoisotopic (exact) mass is 1940 g/mol. The number of fused-ring (bicyclic) bond motifs is 4. The summed E-state index contributed by atoms with van der Waals surface area (Å²) < 4.78 is 0.804. The lowest BCUT2D eigenvalue weighted by Gasteiger charge is -2.39. The number of para-hydroxylation sites is 1. The van der Waals surface area contributed by atoms with Gasteiger partial charge in [0.15, 0.2) is 17.9 Å². The number of imidazole rings is 1. The fraction of sp³-hybridized carbons (Fsp3) is 0.522. The molecule has 3 saturated heterocycles. The Balaban J connectivity index is 1.12. The first kappa shape index (κ1) is 107. The van der Waals surface area contributed by atoms with Crippen molar-refractivity contribution in [2.45, 2.75) is 214 Å². The van der Waals surface area contributed by atoms with Crippen molar-refractivity contribution in [1.29, 1.82) is 5.41 Å². The molecule has 738 valence electrons. The Morgan fingerprint density at radius 3 is 1.96 bits per heavy atom. The molecule has 3 aromatic heterocycles. The summed E-state index contributed by atoms with van der Waals surface area (Å²) in [4.78, 5) is 266. The van der Waals surface area contributed by atoms with Gasteiger partial charge in [-0.05, 0) is 128 Å². The van der Waals surface area contributed by atoms with Crippen molar-refractivity contribution < 1.29 is 96.8 Å². The van der Waals surface area contributed by atoms with Gasteiger partial charge in [0.05, 0.1) is 43.8 Å². The number of hydrogen-bond donors (Lipinski definition) is 20. The Labute approximate surface area is 798 Å². The van der Waals surface area contributed by atoms with Gasteiger partial charge in [0.2, 0.25) is 94.5 Å². The van der Waals surface area contributed by atoms with Crippen LogP contribution in [0.15, 0.2) is 96.9 Å². The van der Waals surface area contributed by atoms with Crippen LogP contribution in [0.3, 0.4) is 0 Å². The number of benzene rings is 3. The maximum atomic E-state index is 15.8. The number of phenolic OH excluding ortho intramolecular Hbond substituents is 1. The normalized spacial score (nSPS) is 25.1. The maximum absolute atomic E-state index is 15.8. The number of hydrogen-bond acceptors (Lipinski definition) is 26. The van der Waals surface area contributed by atoms with E-state index >= 15 is 33.6 Å². The number of amides is 16. The average Bonchev–Trinajstić information content (AvgIpc) is 1.61. The van der Waals surface area contributed by atoms with Gasteiger partial charge in [-0.1, -0.05) is 82.1 Å². The topological polar surface area (TPSA) is 646 Å². The zero-order valence-electron chi connectivity index (χ0n) is 77.2. The van der Waals surface area contributed by atoms with Crippen molar-refractivity contribution in [2.75, 3.05) is 77.4 Å². The summed E-state index contributed by atoms with van der Waals surface area (Å²) in [7, 11) is 3.90. The van der Waals surface area contributed by atoms with E-state index in [9.17, 15) is 63.3 Å². The summed E-state index contributed by atoms with van der Waals surface area (Å²) in [5.41, 5.74) is 16.8. The molecular formula is C90H125N23O20S3. The van der Waals surface area contributed by atoms with Crippen molar-refractivity contribution in [3.63, 3.8) is 0 Å². The molecule has 136 heavy (non-hydrogen) atoms. The molecule has 16 amide bonds. The van der Waals surface area contributed by atoms with Gasteiger partial charge in [0, 0.05) is 106 Å². The second-order valence-corrected chi connectivity index (χ2v) is 37.5. The lowest BCUT2D eigenvalue weighted by Crippen LogP contribution is -2.67. The molecule has 0 spiro atoms. The number of nitrogens with one attached hydrogen (secondary N) is 14. The van der Waals surface area contributed by atoms with Crippen molar-refractivity contribution in [2.24, 2.45) is 23.1 Å². The number of phenols is 1. The van der Waals surface area contributed by atoms with E-state index in [1.54, 1.807) is 62.0 Å². The second kappa shape index (κ2) is 50.7. The number of aliphatic hydroxyl groups is 2.